The molecule has 0 aromatic carbocycles. The van der Waals surface area contributed by atoms with E-state index in [-0.39, 0.29) is 5.82 Å². The van der Waals surface area contributed by atoms with Crippen molar-refractivity contribution in [3.05, 3.63) is 36.2 Å². The number of aromatic nitrogens is 3. The number of nitrogens with two attached hydrogens (primary N) is 1. The Morgan fingerprint density at radius 2 is 2.11 bits per heavy atom. The van der Waals surface area contributed by atoms with E-state index in [0.717, 1.165) is 24.4 Å². The molecule has 0 aliphatic heterocycles. The average Bonchev–Trinajstić information content (AvgIpc) is 3.09. The molecule has 1 unspecified atom stereocenters. The lowest BCUT2D eigenvalue weighted by atomic mass is 9.97. The molecule has 1 aliphatic rings. The highest BCUT2D eigenvalue weighted by Crippen LogP contribution is 2.42. The van der Waals surface area contributed by atoms with Gasteiger partial charge in [-0.2, -0.15) is 0 Å². The number of imidazole rings is 1. The molecule has 1 fully saturated rings. The first-order valence-electron chi connectivity index (χ1n) is 6.03. The van der Waals surface area contributed by atoms with E-state index >= 15 is 0 Å². The topological polar surface area (TPSA) is 67.6 Å². The fourth-order valence-electron chi connectivity index (χ4n) is 2.14. The predicted octanol–water partition coefficient (Wildman–Crippen LogP) is 2.19. The van der Waals surface area contributed by atoms with Gasteiger partial charge in [-0.3, -0.25) is 4.98 Å². The van der Waals surface area contributed by atoms with Crippen LogP contribution >= 0.6 is 0 Å². The van der Waals surface area contributed by atoms with E-state index in [1.165, 1.54) is 12.3 Å². The average molecular weight is 246 g/mol. The van der Waals surface area contributed by atoms with Crippen LogP contribution in [0.25, 0.3) is 11.4 Å². The minimum atomic E-state index is -0.418. The van der Waals surface area contributed by atoms with Crippen LogP contribution < -0.4 is 5.73 Å². The summed E-state index contributed by atoms with van der Waals surface area (Å²) in [6, 6.07) is 3.00. The lowest BCUT2D eigenvalue weighted by molar-refractivity contribution is 0.404. The van der Waals surface area contributed by atoms with Gasteiger partial charge in [-0.15, -0.1) is 0 Å². The Kier molecular flexibility index (Phi) is 2.45. The highest BCUT2D eigenvalue weighted by atomic mass is 19.1. The summed E-state index contributed by atoms with van der Waals surface area (Å²) in [7, 11) is 0. The summed E-state index contributed by atoms with van der Waals surface area (Å²) in [6.07, 6.45) is 5.19. The summed E-state index contributed by atoms with van der Waals surface area (Å²) in [5, 5.41) is 0. The Hall–Kier alpha value is -1.75. The van der Waals surface area contributed by atoms with Gasteiger partial charge in [0.25, 0.3) is 0 Å². The van der Waals surface area contributed by atoms with Gasteiger partial charge in [-0.25, -0.2) is 9.37 Å². The zero-order valence-electron chi connectivity index (χ0n) is 10.2. The molecule has 0 bridgehead atoms. The van der Waals surface area contributed by atoms with E-state index in [1.807, 2.05) is 6.92 Å². The van der Waals surface area contributed by atoms with Gasteiger partial charge in [0, 0.05) is 0 Å². The van der Waals surface area contributed by atoms with Crippen LogP contribution in [0.3, 0.4) is 0 Å². The molecule has 2 heterocycles. The maximum atomic E-state index is 12.8. The lowest BCUT2D eigenvalue weighted by Crippen LogP contribution is -2.36. The molecule has 2 aromatic rings. The van der Waals surface area contributed by atoms with Crippen LogP contribution in [0.2, 0.25) is 0 Å². The number of halogens is 1. The standard InChI is InChI=1S/C13H15FN4/c1-13(15,8-2-3-8)12-17-7-11(18-12)10-5-4-9(14)6-16-10/h4-8H,2-3,15H2,1H3,(H,17,18). The van der Waals surface area contributed by atoms with Crippen LogP contribution in [0.4, 0.5) is 4.39 Å². The molecule has 18 heavy (non-hydrogen) atoms. The predicted molar refractivity (Wildman–Crippen MR) is 66.0 cm³/mol. The highest BCUT2D eigenvalue weighted by molar-refractivity contribution is 5.53. The molecule has 3 N–H and O–H groups in total. The molecule has 4 nitrogen and oxygen atoms in total. The van der Waals surface area contributed by atoms with Gasteiger partial charge >= 0.3 is 0 Å². The smallest absolute Gasteiger partial charge is 0.141 e. The third kappa shape index (κ3) is 1.90. The molecular weight excluding hydrogens is 231 g/mol. The van der Waals surface area contributed by atoms with Gasteiger partial charge in [-0.1, -0.05) is 0 Å². The number of H-pyrrole nitrogens is 1. The molecule has 0 amide bonds. The van der Waals surface area contributed by atoms with E-state index in [0.29, 0.717) is 11.6 Å². The Morgan fingerprint density at radius 1 is 1.33 bits per heavy atom. The van der Waals surface area contributed by atoms with Crippen LogP contribution in [-0.4, -0.2) is 15.0 Å². The molecular formula is C13H15FN4. The fourth-order valence-corrected chi connectivity index (χ4v) is 2.14. The summed E-state index contributed by atoms with van der Waals surface area (Å²) >= 11 is 0. The van der Waals surface area contributed by atoms with Crippen molar-refractivity contribution >= 4 is 0 Å². The number of aromatic amines is 1. The number of rotatable bonds is 3. The zero-order valence-corrected chi connectivity index (χ0v) is 10.2. The van der Waals surface area contributed by atoms with Gasteiger partial charge in [0.1, 0.15) is 11.6 Å². The second kappa shape index (κ2) is 3.88. The minimum Gasteiger partial charge on any atom is -0.339 e. The normalized spacial score (nSPS) is 18.6. The quantitative estimate of drug-likeness (QED) is 0.872. The van der Waals surface area contributed by atoms with Gasteiger partial charge in [0.15, 0.2) is 0 Å². The monoisotopic (exact) mass is 246 g/mol. The van der Waals surface area contributed by atoms with Crippen molar-refractivity contribution in [2.24, 2.45) is 11.7 Å². The molecule has 0 saturated heterocycles. The zero-order chi connectivity index (χ0) is 12.8. The fraction of sp³-hybridized carbons (Fsp3) is 0.385. The Bertz CT molecular complexity index is 555. The van der Waals surface area contributed by atoms with Crippen molar-refractivity contribution in [1.82, 2.24) is 15.0 Å². The second-order valence-corrected chi connectivity index (χ2v) is 5.06. The number of hydrogen-bond acceptors (Lipinski definition) is 3. The third-order valence-corrected chi connectivity index (χ3v) is 3.51. The molecule has 0 spiro atoms. The molecule has 1 saturated carbocycles. The Morgan fingerprint density at radius 3 is 2.72 bits per heavy atom. The van der Waals surface area contributed by atoms with E-state index in [4.69, 9.17) is 5.73 Å². The van der Waals surface area contributed by atoms with E-state index in [9.17, 15) is 4.39 Å². The molecule has 1 aliphatic carbocycles. The number of hydrogen-bond donors (Lipinski definition) is 2. The number of nitrogens with zero attached hydrogens (tertiary/aromatic N) is 2. The van der Waals surface area contributed by atoms with Gasteiger partial charge in [-0.05, 0) is 37.8 Å². The van der Waals surface area contributed by atoms with Crippen molar-refractivity contribution < 1.29 is 4.39 Å². The molecule has 94 valence electrons. The van der Waals surface area contributed by atoms with E-state index in [2.05, 4.69) is 15.0 Å². The number of nitrogens with one attached hydrogen (secondary N) is 1. The molecule has 2 aromatic heterocycles. The third-order valence-electron chi connectivity index (χ3n) is 3.51. The maximum Gasteiger partial charge on any atom is 0.141 e. The van der Waals surface area contributed by atoms with Gasteiger partial charge in [0.05, 0.1) is 29.3 Å². The Labute approximate surface area is 104 Å². The largest absolute Gasteiger partial charge is 0.339 e. The van der Waals surface area contributed by atoms with Crippen molar-refractivity contribution in [2.75, 3.05) is 0 Å². The maximum absolute atomic E-state index is 12.8. The van der Waals surface area contributed by atoms with Crippen molar-refractivity contribution in [3.63, 3.8) is 0 Å². The first kappa shape index (κ1) is 11.3. The van der Waals surface area contributed by atoms with Gasteiger partial charge < -0.3 is 10.7 Å². The van der Waals surface area contributed by atoms with E-state index < -0.39 is 5.54 Å². The van der Waals surface area contributed by atoms with Crippen LogP contribution in [0.5, 0.6) is 0 Å². The summed E-state index contributed by atoms with van der Waals surface area (Å²) in [4.78, 5) is 11.5. The van der Waals surface area contributed by atoms with Crippen LogP contribution in [0, 0.1) is 11.7 Å². The number of pyridine rings is 1. The van der Waals surface area contributed by atoms with Crippen LogP contribution in [0.15, 0.2) is 24.5 Å². The van der Waals surface area contributed by atoms with Gasteiger partial charge in [0.2, 0.25) is 0 Å². The summed E-state index contributed by atoms with van der Waals surface area (Å²) < 4.78 is 12.8. The summed E-state index contributed by atoms with van der Waals surface area (Å²) in [5.74, 6) is 0.920. The first-order chi connectivity index (χ1) is 8.57. The van der Waals surface area contributed by atoms with Crippen molar-refractivity contribution in [2.45, 2.75) is 25.3 Å². The van der Waals surface area contributed by atoms with E-state index in [1.54, 1.807) is 12.3 Å². The summed E-state index contributed by atoms with van der Waals surface area (Å²) in [5.41, 5.74) is 7.30. The molecule has 3 rings (SSSR count). The van der Waals surface area contributed by atoms with Crippen molar-refractivity contribution in [1.29, 1.82) is 0 Å². The highest BCUT2D eigenvalue weighted by Gasteiger charge is 2.41. The Balaban J connectivity index is 1.91. The lowest BCUT2D eigenvalue weighted by Gasteiger charge is -2.21. The summed E-state index contributed by atoms with van der Waals surface area (Å²) in [6.45, 7) is 1.99. The first-order valence-corrected chi connectivity index (χ1v) is 6.03. The minimum absolute atomic E-state index is 0.347. The van der Waals surface area contributed by atoms with Crippen molar-refractivity contribution in [3.8, 4) is 11.4 Å². The van der Waals surface area contributed by atoms with Crippen LogP contribution in [0.1, 0.15) is 25.6 Å². The molecule has 5 heteroatoms. The SMILES string of the molecule is CC(N)(c1ncc(-c2ccc(F)cn2)[nH]1)C1CC1. The molecule has 0 radical (unpaired) electrons. The van der Waals surface area contributed by atoms with Crippen LogP contribution in [-0.2, 0) is 5.54 Å². The molecule has 1 atom stereocenters. The second-order valence-electron chi connectivity index (χ2n) is 5.06.